The van der Waals surface area contributed by atoms with Gasteiger partial charge in [0, 0.05) is 24.3 Å². The van der Waals surface area contributed by atoms with Crippen molar-refractivity contribution in [1.29, 1.82) is 0 Å². The van der Waals surface area contributed by atoms with E-state index in [0.717, 1.165) is 0 Å². The molecule has 0 heterocycles. The van der Waals surface area contributed by atoms with E-state index in [1.807, 2.05) is 5.43 Å². The van der Waals surface area contributed by atoms with Crippen LogP contribution in [-0.4, -0.2) is 24.5 Å². The van der Waals surface area contributed by atoms with Gasteiger partial charge in [-0.05, 0) is 12.1 Å². The number of hydrazine groups is 1. The van der Waals surface area contributed by atoms with E-state index < -0.39 is 66.1 Å². The number of rotatable bonds is 6. The highest BCUT2D eigenvalue weighted by Crippen LogP contribution is 2.37. The van der Waals surface area contributed by atoms with E-state index in [4.69, 9.17) is 0 Å². The van der Waals surface area contributed by atoms with E-state index in [2.05, 4.69) is 0 Å². The summed E-state index contributed by atoms with van der Waals surface area (Å²) in [5.41, 5.74) is -5.42. The van der Waals surface area contributed by atoms with Crippen LogP contribution in [0.3, 0.4) is 0 Å². The van der Waals surface area contributed by atoms with E-state index >= 15 is 0 Å². The lowest BCUT2D eigenvalue weighted by atomic mass is 10.1. The summed E-state index contributed by atoms with van der Waals surface area (Å²) in [4.78, 5) is 19.5. The van der Waals surface area contributed by atoms with Crippen LogP contribution in [0.5, 0.6) is 0 Å². The molecule has 0 aromatic heterocycles. The fraction of sp³-hybridized carbons (Fsp3) is 0.200. The molecule has 0 aliphatic heterocycles. The van der Waals surface area contributed by atoms with Gasteiger partial charge in [0.1, 0.15) is 0 Å². The van der Waals surface area contributed by atoms with Crippen molar-refractivity contribution in [3.8, 4) is 0 Å². The second-order valence-corrected chi connectivity index (χ2v) is 7.99. The second-order valence-electron chi connectivity index (χ2n) is 6.16. The van der Waals surface area contributed by atoms with Crippen molar-refractivity contribution in [3.05, 3.63) is 67.8 Å². The first-order chi connectivity index (χ1) is 14.4. The lowest BCUT2D eigenvalue weighted by Gasteiger charge is -2.25. The zero-order valence-corrected chi connectivity index (χ0v) is 16.2. The SMILES string of the molecule is CS(=O)(=O)N(Nc1cc([N+](=O)[O-])cc(C(F)(F)F)c1)c1cc([N+](=O)[O-])cc(C(F)(F)F)c1. The maximum atomic E-state index is 13.1. The normalized spacial score (nSPS) is 12.3. The van der Waals surface area contributed by atoms with Gasteiger partial charge in [-0.25, -0.2) is 8.42 Å². The predicted molar refractivity (Wildman–Crippen MR) is 97.1 cm³/mol. The molecule has 10 nitrogen and oxygen atoms in total. The molecule has 0 bridgehead atoms. The molecule has 0 spiro atoms. The molecule has 0 saturated carbocycles. The number of nitro benzene ring substituents is 2. The Labute approximate surface area is 174 Å². The summed E-state index contributed by atoms with van der Waals surface area (Å²) < 4.78 is 103. The van der Waals surface area contributed by atoms with Gasteiger partial charge >= 0.3 is 12.4 Å². The number of sulfonamides is 1. The number of hydrogen-bond donors (Lipinski definition) is 1. The maximum Gasteiger partial charge on any atom is 0.416 e. The third kappa shape index (κ3) is 5.74. The van der Waals surface area contributed by atoms with Crippen molar-refractivity contribution in [2.45, 2.75) is 12.4 Å². The quantitative estimate of drug-likeness (QED) is 0.363. The minimum atomic E-state index is -5.14. The van der Waals surface area contributed by atoms with Crippen molar-refractivity contribution in [3.63, 3.8) is 0 Å². The van der Waals surface area contributed by atoms with Crippen LogP contribution in [0.2, 0.25) is 0 Å². The van der Waals surface area contributed by atoms with Crippen LogP contribution in [0.1, 0.15) is 11.1 Å². The third-order valence-electron chi connectivity index (χ3n) is 3.69. The third-order valence-corrected chi connectivity index (χ3v) is 4.66. The summed E-state index contributed by atoms with van der Waals surface area (Å²) in [7, 11) is -4.62. The Bertz CT molecular complexity index is 1180. The number of anilines is 2. The Morgan fingerprint density at radius 3 is 1.66 bits per heavy atom. The summed E-state index contributed by atoms with van der Waals surface area (Å²) >= 11 is 0. The first-order valence-electron chi connectivity index (χ1n) is 7.90. The second kappa shape index (κ2) is 8.13. The Balaban J connectivity index is 2.71. The molecule has 0 radical (unpaired) electrons. The molecule has 2 rings (SSSR count). The minimum absolute atomic E-state index is 0.0749. The van der Waals surface area contributed by atoms with Gasteiger partial charge in [-0.1, -0.05) is 0 Å². The molecule has 0 atom stereocenters. The summed E-state index contributed by atoms with van der Waals surface area (Å²) in [5, 5.41) is 21.9. The fourth-order valence-electron chi connectivity index (χ4n) is 2.38. The summed E-state index contributed by atoms with van der Waals surface area (Å²) in [6.45, 7) is 0. The van der Waals surface area contributed by atoms with E-state index in [-0.39, 0.29) is 28.7 Å². The van der Waals surface area contributed by atoms with Crippen molar-refractivity contribution < 1.29 is 44.6 Å². The van der Waals surface area contributed by atoms with Crippen LogP contribution < -0.4 is 9.84 Å². The van der Waals surface area contributed by atoms with Crippen molar-refractivity contribution in [1.82, 2.24) is 0 Å². The number of halogens is 6. The van der Waals surface area contributed by atoms with Gasteiger partial charge in [-0.3, -0.25) is 25.7 Å². The smallest absolute Gasteiger partial charge is 0.284 e. The average molecular weight is 488 g/mol. The Morgan fingerprint density at radius 2 is 1.25 bits per heavy atom. The largest absolute Gasteiger partial charge is 0.416 e. The van der Waals surface area contributed by atoms with Crippen molar-refractivity contribution >= 4 is 32.8 Å². The molecule has 17 heteroatoms. The predicted octanol–water partition coefficient (Wildman–Crippen LogP) is 4.33. The molecular weight excluding hydrogens is 478 g/mol. The van der Waals surface area contributed by atoms with Crippen molar-refractivity contribution in [2.24, 2.45) is 0 Å². The number of non-ortho nitro benzene ring substituents is 2. The topological polar surface area (TPSA) is 136 Å². The first kappa shape index (κ1) is 24.6. The first-order valence-corrected chi connectivity index (χ1v) is 9.75. The highest BCUT2D eigenvalue weighted by Gasteiger charge is 2.35. The number of hydrogen-bond acceptors (Lipinski definition) is 7. The zero-order valence-electron chi connectivity index (χ0n) is 15.4. The van der Waals surface area contributed by atoms with Crippen molar-refractivity contribution in [2.75, 3.05) is 16.1 Å². The summed E-state index contributed by atoms with van der Waals surface area (Å²) in [5.74, 6) is 0. The molecule has 174 valence electrons. The lowest BCUT2D eigenvalue weighted by molar-refractivity contribution is -0.385. The van der Waals surface area contributed by atoms with E-state index in [1.165, 1.54) is 0 Å². The van der Waals surface area contributed by atoms with Crippen LogP contribution in [0.25, 0.3) is 0 Å². The Hall–Kier alpha value is -3.63. The number of nitrogens with zero attached hydrogens (tertiary/aromatic N) is 3. The Morgan fingerprint density at radius 1 is 0.812 bits per heavy atom. The molecule has 1 N–H and O–H groups in total. The van der Waals surface area contributed by atoms with Crippen LogP contribution in [0, 0.1) is 20.2 Å². The molecule has 0 fully saturated rings. The molecule has 32 heavy (non-hydrogen) atoms. The van der Waals surface area contributed by atoms with E-state index in [9.17, 15) is 55.0 Å². The molecule has 0 unspecified atom stereocenters. The van der Waals surface area contributed by atoms with Crippen LogP contribution in [0.15, 0.2) is 36.4 Å². The highest BCUT2D eigenvalue weighted by atomic mass is 32.2. The lowest BCUT2D eigenvalue weighted by Crippen LogP contribution is -2.35. The van der Waals surface area contributed by atoms with Crippen LogP contribution in [-0.2, 0) is 22.4 Å². The van der Waals surface area contributed by atoms with E-state index in [1.54, 1.807) is 0 Å². The van der Waals surface area contributed by atoms with E-state index in [0.29, 0.717) is 18.4 Å². The number of nitro groups is 2. The summed E-state index contributed by atoms with van der Waals surface area (Å²) in [6, 6.07) is 1.67. The summed E-state index contributed by atoms with van der Waals surface area (Å²) in [6.07, 6.45) is -9.79. The monoisotopic (exact) mass is 488 g/mol. The molecule has 0 aliphatic carbocycles. The molecule has 0 aliphatic rings. The van der Waals surface area contributed by atoms with Crippen LogP contribution in [0.4, 0.5) is 49.1 Å². The molecule has 2 aromatic rings. The zero-order chi connectivity index (χ0) is 24.6. The molecular formula is C15H10F6N4O6S. The fourth-order valence-corrected chi connectivity index (χ4v) is 3.14. The molecule has 2 aromatic carbocycles. The standard InChI is InChI=1S/C15H10F6N4O6S/c1-32(30,31)23(11-3-9(15(19,20)21)5-13(7-11)25(28)29)22-10-2-8(14(16,17)18)4-12(6-10)24(26)27/h2-7,22H,1H3. The van der Waals surface area contributed by atoms with Gasteiger partial charge in [0.2, 0.25) is 10.0 Å². The molecule has 0 saturated heterocycles. The van der Waals surface area contributed by atoms with Gasteiger partial charge in [-0.2, -0.15) is 30.8 Å². The van der Waals surface area contributed by atoms with Gasteiger partial charge in [0.15, 0.2) is 0 Å². The van der Waals surface area contributed by atoms with Gasteiger partial charge in [-0.15, -0.1) is 0 Å². The number of nitrogens with one attached hydrogen (secondary N) is 1. The Kier molecular flexibility index (Phi) is 6.26. The number of alkyl halides is 6. The average Bonchev–Trinajstić information content (AvgIpc) is 2.63. The molecule has 0 amide bonds. The van der Waals surface area contributed by atoms with Gasteiger partial charge < -0.3 is 0 Å². The minimum Gasteiger partial charge on any atom is -0.284 e. The highest BCUT2D eigenvalue weighted by molar-refractivity contribution is 7.92. The number of benzene rings is 2. The van der Waals surface area contributed by atoms with Crippen LogP contribution >= 0.6 is 0 Å². The maximum absolute atomic E-state index is 13.1. The van der Waals surface area contributed by atoms with Gasteiger partial charge in [0.25, 0.3) is 11.4 Å². The van der Waals surface area contributed by atoms with Gasteiger partial charge in [0.05, 0.1) is 38.6 Å².